The van der Waals surface area contributed by atoms with Crippen molar-refractivity contribution < 1.29 is 29.0 Å². The number of para-hydroxylation sites is 2. The number of nitrogens with zero attached hydrogens (tertiary/aromatic N) is 2. The SMILES string of the molecule is COc1cc(C=C2SC(=Nc3ccccc3)N([C@@H](CCCN)C(=O)N[C@@H](CC3CNc4ccccc43)C(N)=O)C2=O)cc(OC)c1O. The molecule has 7 N–H and O–H groups in total. The minimum Gasteiger partial charge on any atom is -0.502 e. The van der Waals surface area contributed by atoms with Gasteiger partial charge in [0.1, 0.15) is 12.1 Å². The van der Waals surface area contributed by atoms with Gasteiger partial charge in [-0.1, -0.05) is 36.4 Å². The number of phenols is 1. The number of amidine groups is 1. The summed E-state index contributed by atoms with van der Waals surface area (Å²) in [5.41, 5.74) is 14.8. The molecule has 47 heavy (non-hydrogen) atoms. The molecular weight excluding hydrogens is 620 g/mol. The monoisotopic (exact) mass is 658 g/mol. The highest BCUT2D eigenvalue weighted by Gasteiger charge is 2.42. The van der Waals surface area contributed by atoms with Crippen molar-refractivity contribution in [3.8, 4) is 17.2 Å². The van der Waals surface area contributed by atoms with Crippen LogP contribution >= 0.6 is 11.8 Å². The van der Waals surface area contributed by atoms with Crippen LogP contribution in [0.4, 0.5) is 11.4 Å². The van der Waals surface area contributed by atoms with Crippen LogP contribution < -0.4 is 31.6 Å². The van der Waals surface area contributed by atoms with Crippen LogP contribution in [0.25, 0.3) is 6.08 Å². The molecule has 0 aliphatic carbocycles. The number of carbonyl (C=O) groups is 3. The van der Waals surface area contributed by atoms with Gasteiger partial charge in [0.25, 0.3) is 5.91 Å². The Morgan fingerprint density at radius 1 is 1.13 bits per heavy atom. The molecule has 0 spiro atoms. The highest BCUT2D eigenvalue weighted by molar-refractivity contribution is 8.18. The van der Waals surface area contributed by atoms with Gasteiger partial charge in [-0.25, -0.2) is 4.99 Å². The first-order chi connectivity index (χ1) is 22.7. The quantitative estimate of drug-likeness (QED) is 0.171. The van der Waals surface area contributed by atoms with Crippen LogP contribution in [0.3, 0.4) is 0 Å². The van der Waals surface area contributed by atoms with Crippen molar-refractivity contribution in [3.63, 3.8) is 0 Å². The normalized spacial score (nSPS) is 18.5. The van der Waals surface area contributed by atoms with E-state index in [0.29, 0.717) is 24.2 Å². The molecule has 0 bridgehead atoms. The average Bonchev–Trinajstić information content (AvgIpc) is 3.61. The number of ether oxygens (including phenoxy) is 2. The van der Waals surface area contributed by atoms with Crippen LogP contribution in [0, 0.1) is 0 Å². The van der Waals surface area contributed by atoms with Gasteiger partial charge in [0.15, 0.2) is 16.7 Å². The topological polar surface area (TPSA) is 182 Å². The zero-order chi connectivity index (χ0) is 33.5. The number of rotatable bonds is 13. The van der Waals surface area contributed by atoms with E-state index in [9.17, 15) is 19.5 Å². The third-order valence-corrected chi connectivity index (χ3v) is 9.02. The van der Waals surface area contributed by atoms with Crippen LogP contribution in [0.15, 0.2) is 76.6 Å². The predicted molar refractivity (Wildman–Crippen MR) is 183 cm³/mol. The number of benzene rings is 3. The third-order valence-electron chi connectivity index (χ3n) is 8.03. The van der Waals surface area contributed by atoms with Crippen LogP contribution in [0.2, 0.25) is 0 Å². The molecule has 1 unspecified atom stereocenters. The average molecular weight is 659 g/mol. The Labute approximate surface area is 277 Å². The van der Waals surface area contributed by atoms with Crippen LogP contribution in [0.5, 0.6) is 17.2 Å². The van der Waals surface area contributed by atoms with E-state index in [1.165, 1.54) is 19.1 Å². The summed E-state index contributed by atoms with van der Waals surface area (Å²) in [4.78, 5) is 47.3. The summed E-state index contributed by atoms with van der Waals surface area (Å²) in [5.74, 6) is -1.55. The van der Waals surface area contributed by atoms with E-state index in [1.54, 1.807) is 30.3 Å². The second-order valence-electron chi connectivity index (χ2n) is 11.1. The first kappa shape index (κ1) is 33.4. The number of aliphatic imine (C=N–C) groups is 1. The lowest BCUT2D eigenvalue weighted by Crippen LogP contribution is -2.54. The standard InChI is InChI=1S/C34H38N6O6S/c1-45-27-15-20(16-28(46-2)30(27)41)17-29-33(44)40(34(47-29)38-22-9-4-3-5-10-22)26(13-8-14-35)32(43)39-25(31(36)42)18-21-19-37-24-12-7-6-11-23(21)24/h3-7,9-12,15-17,21,25-26,37,41H,8,13-14,18-19,35H2,1-2H3,(H2,36,42)(H,39,43)/t21?,25-,26-/m0/s1. The largest absolute Gasteiger partial charge is 0.502 e. The Hall–Kier alpha value is -5.01. The fourth-order valence-electron chi connectivity index (χ4n) is 5.66. The van der Waals surface area contributed by atoms with Gasteiger partial charge in [0, 0.05) is 18.2 Å². The van der Waals surface area contributed by atoms with Gasteiger partial charge in [0.2, 0.25) is 17.6 Å². The predicted octanol–water partition coefficient (Wildman–Crippen LogP) is 3.69. The maximum absolute atomic E-state index is 14.2. The van der Waals surface area contributed by atoms with E-state index in [4.69, 9.17) is 25.9 Å². The minimum absolute atomic E-state index is 0.0421. The Morgan fingerprint density at radius 3 is 2.47 bits per heavy atom. The zero-order valence-corrected chi connectivity index (χ0v) is 27.0. The first-order valence-electron chi connectivity index (χ1n) is 15.2. The van der Waals surface area contributed by atoms with Crippen LogP contribution in [-0.4, -0.2) is 72.3 Å². The van der Waals surface area contributed by atoms with Crippen molar-refractivity contribution in [3.05, 3.63) is 82.8 Å². The van der Waals surface area contributed by atoms with E-state index in [0.717, 1.165) is 23.0 Å². The molecule has 5 rings (SSSR count). The fourth-order valence-corrected chi connectivity index (χ4v) is 6.69. The van der Waals surface area contributed by atoms with Gasteiger partial charge >= 0.3 is 0 Å². The Bertz CT molecular complexity index is 1670. The number of anilines is 1. The van der Waals surface area contributed by atoms with Crippen molar-refractivity contribution in [2.45, 2.75) is 37.3 Å². The maximum atomic E-state index is 14.2. The molecule has 2 heterocycles. The summed E-state index contributed by atoms with van der Waals surface area (Å²) >= 11 is 1.10. The number of amides is 3. The lowest BCUT2D eigenvalue weighted by Gasteiger charge is -2.28. The minimum atomic E-state index is -1.04. The first-order valence-corrected chi connectivity index (χ1v) is 16.0. The molecule has 1 saturated heterocycles. The summed E-state index contributed by atoms with van der Waals surface area (Å²) in [6, 6.07) is 18.0. The van der Waals surface area contributed by atoms with Gasteiger partial charge in [-0.2, -0.15) is 0 Å². The highest BCUT2D eigenvalue weighted by atomic mass is 32.2. The molecule has 0 aromatic heterocycles. The number of aromatic hydroxyl groups is 1. The van der Waals surface area contributed by atoms with Gasteiger partial charge < -0.3 is 36.7 Å². The summed E-state index contributed by atoms with van der Waals surface area (Å²) in [7, 11) is 2.82. The lowest BCUT2D eigenvalue weighted by atomic mass is 9.93. The molecule has 3 amide bonds. The van der Waals surface area contributed by atoms with E-state index >= 15 is 0 Å². The highest BCUT2D eigenvalue weighted by Crippen LogP contribution is 2.41. The molecule has 0 radical (unpaired) electrons. The molecule has 3 aromatic carbocycles. The summed E-state index contributed by atoms with van der Waals surface area (Å²) in [6.45, 7) is 0.884. The number of nitrogens with two attached hydrogens (primary N) is 2. The number of methoxy groups -OCH3 is 2. The third kappa shape index (κ3) is 7.53. The Kier molecular flexibility index (Phi) is 10.7. The summed E-state index contributed by atoms with van der Waals surface area (Å²) in [5, 5.41) is 16.8. The molecule has 3 aromatic rings. The molecule has 2 aliphatic heterocycles. The molecule has 1 fully saturated rings. The molecule has 13 heteroatoms. The summed E-state index contributed by atoms with van der Waals surface area (Å²) in [6.07, 6.45) is 2.55. The van der Waals surface area contributed by atoms with E-state index in [-0.39, 0.29) is 52.6 Å². The maximum Gasteiger partial charge on any atom is 0.267 e. The van der Waals surface area contributed by atoms with Crippen molar-refractivity contribution in [1.29, 1.82) is 0 Å². The van der Waals surface area contributed by atoms with Crippen molar-refractivity contribution in [1.82, 2.24) is 10.2 Å². The number of fused-ring (bicyclic) bond motifs is 1. The molecule has 0 saturated carbocycles. The Morgan fingerprint density at radius 2 is 1.81 bits per heavy atom. The number of phenolic OH excluding ortho intramolecular Hbond substituents is 1. The second kappa shape index (κ2) is 15.1. The van der Waals surface area contributed by atoms with E-state index < -0.39 is 29.8 Å². The molecular formula is C34H38N6O6S. The lowest BCUT2D eigenvalue weighted by molar-refractivity contribution is -0.135. The molecule has 246 valence electrons. The number of nitrogens with one attached hydrogen (secondary N) is 2. The Balaban J connectivity index is 1.49. The van der Waals surface area contributed by atoms with Crippen LogP contribution in [0.1, 0.15) is 36.3 Å². The van der Waals surface area contributed by atoms with E-state index in [1.807, 2.05) is 42.5 Å². The number of thioether (sulfide) groups is 1. The van der Waals surface area contributed by atoms with Gasteiger partial charge in [-0.05, 0) is 85.1 Å². The van der Waals surface area contributed by atoms with Gasteiger partial charge in [-0.15, -0.1) is 0 Å². The van der Waals surface area contributed by atoms with Crippen molar-refractivity contribution in [2.75, 3.05) is 32.6 Å². The zero-order valence-electron chi connectivity index (χ0n) is 26.1. The van der Waals surface area contributed by atoms with Crippen molar-refractivity contribution >= 4 is 52.1 Å². The molecule has 3 atom stereocenters. The molecule has 2 aliphatic rings. The van der Waals surface area contributed by atoms with Gasteiger partial charge in [-0.3, -0.25) is 19.3 Å². The van der Waals surface area contributed by atoms with Crippen molar-refractivity contribution in [2.24, 2.45) is 16.5 Å². The summed E-state index contributed by atoms with van der Waals surface area (Å²) < 4.78 is 10.6. The smallest absolute Gasteiger partial charge is 0.267 e. The fraction of sp³-hybridized carbons (Fsp3) is 0.294. The second-order valence-corrected chi connectivity index (χ2v) is 12.1. The molecule has 12 nitrogen and oxygen atoms in total. The van der Waals surface area contributed by atoms with Gasteiger partial charge in [0.05, 0.1) is 24.8 Å². The number of hydrogen-bond donors (Lipinski definition) is 5. The van der Waals surface area contributed by atoms with E-state index in [2.05, 4.69) is 10.6 Å². The van der Waals surface area contributed by atoms with Crippen LogP contribution in [-0.2, 0) is 14.4 Å². The number of hydrogen-bond acceptors (Lipinski definition) is 10. The number of primary amides is 1. The number of carbonyl (C=O) groups excluding carboxylic acids is 3.